The van der Waals surface area contributed by atoms with Gasteiger partial charge in [-0.2, -0.15) is 0 Å². The van der Waals surface area contributed by atoms with Crippen LogP contribution < -0.4 is 9.73 Å². The second-order valence-corrected chi connectivity index (χ2v) is 9.11. The Morgan fingerprint density at radius 3 is 2.68 bits per heavy atom. The molecule has 3 heterocycles. The van der Waals surface area contributed by atoms with Crippen molar-refractivity contribution in [2.24, 2.45) is 0 Å². The van der Waals surface area contributed by atoms with Gasteiger partial charge in [-0.25, -0.2) is 9.18 Å². The second kappa shape index (κ2) is 8.22. The summed E-state index contributed by atoms with van der Waals surface area (Å²) in [5.74, 6) is 0.230. The van der Waals surface area contributed by atoms with Crippen molar-refractivity contribution in [3.8, 4) is 5.75 Å². The third kappa shape index (κ3) is 3.93. The number of nitrogens with zero attached hydrogens (tertiary/aromatic N) is 2. The van der Waals surface area contributed by atoms with E-state index in [2.05, 4.69) is 9.89 Å². The van der Waals surface area contributed by atoms with Crippen LogP contribution in [-0.4, -0.2) is 70.1 Å². The van der Waals surface area contributed by atoms with Crippen LogP contribution in [0.15, 0.2) is 18.2 Å². The normalized spacial score (nSPS) is 29.9. The van der Waals surface area contributed by atoms with Crippen molar-refractivity contribution in [2.75, 3.05) is 13.1 Å². The third-order valence-corrected chi connectivity index (χ3v) is 7.15. The van der Waals surface area contributed by atoms with E-state index in [4.69, 9.17) is 4.74 Å². The molecule has 2 N–H and O–H groups in total. The smallest absolute Gasteiger partial charge is 0.388 e. The summed E-state index contributed by atoms with van der Waals surface area (Å²) in [6.45, 7) is 1.96. The highest BCUT2D eigenvalue weighted by Gasteiger charge is 2.41. The van der Waals surface area contributed by atoms with Crippen molar-refractivity contribution in [2.45, 2.75) is 75.8 Å². The van der Waals surface area contributed by atoms with E-state index in [0.29, 0.717) is 37.4 Å². The number of carbonyl (C=O) groups is 2. The lowest BCUT2D eigenvalue weighted by molar-refractivity contribution is -0.394. The van der Waals surface area contributed by atoms with Crippen LogP contribution in [0, 0.1) is 0 Å². The van der Waals surface area contributed by atoms with Crippen LogP contribution in [0.5, 0.6) is 5.75 Å². The standard InChI is InChI=1S/C23H28FN3O4/c24-15-8-10-26(11-9-15)18-2-1-3-20(18)31-16-4-5-17-14(12-16)13-27(23(17)30)19-6-7-21(28)25-22(19)29/h4-5,12,15,18-20H,1-3,6-11,13H2,(H,25,28,29)/p+1/t18-,19?,20+/m0/s1. The number of likely N-dealkylation sites (tertiary alicyclic amines) is 1. The molecule has 2 fully saturated rings. The SMILES string of the molecule is O=C1CCC(N2Cc3cc(O[C@@H]4CCC[C@@H]4N4CCC(F)CC4)ccc3C2=O)C(O)=[NH+]1. The molecular weight excluding hydrogens is 401 g/mol. The number of halogens is 1. The Morgan fingerprint density at radius 2 is 1.90 bits per heavy atom. The summed E-state index contributed by atoms with van der Waals surface area (Å²) >= 11 is 0. The van der Waals surface area contributed by atoms with E-state index in [-0.39, 0.29) is 30.2 Å². The van der Waals surface area contributed by atoms with E-state index in [9.17, 15) is 19.1 Å². The van der Waals surface area contributed by atoms with Gasteiger partial charge in [-0.1, -0.05) is 0 Å². The van der Waals surface area contributed by atoms with Gasteiger partial charge in [0.15, 0.2) is 6.04 Å². The van der Waals surface area contributed by atoms with E-state index in [1.165, 1.54) is 0 Å². The minimum Gasteiger partial charge on any atom is -0.489 e. The number of piperidine rings is 1. The summed E-state index contributed by atoms with van der Waals surface area (Å²) < 4.78 is 19.9. The number of amides is 2. The number of carbonyl (C=O) groups excluding carboxylic acids is 2. The number of alkyl halides is 1. The zero-order valence-corrected chi connectivity index (χ0v) is 17.6. The molecule has 2 amide bonds. The molecular formula is C23H29FN3O4+. The van der Waals surface area contributed by atoms with Crippen molar-refractivity contribution in [3.05, 3.63) is 29.3 Å². The number of nitrogens with one attached hydrogen (secondary N) is 1. The summed E-state index contributed by atoms with van der Waals surface area (Å²) in [5.41, 5.74) is 1.49. The molecule has 0 spiro atoms. The summed E-state index contributed by atoms with van der Waals surface area (Å²) in [4.78, 5) is 30.8. The molecule has 31 heavy (non-hydrogen) atoms. The van der Waals surface area contributed by atoms with E-state index in [0.717, 1.165) is 43.7 Å². The van der Waals surface area contributed by atoms with Crippen molar-refractivity contribution in [1.82, 2.24) is 9.80 Å². The Morgan fingerprint density at radius 1 is 1.10 bits per heavy atom. The molecule has 1 aromatic carbocycles. The zero-order chi connectivity index (χ0) is 21.5. The molecule has 8 heteroatoms. The fourth-order valence-electron chi connectivity index (χ4n) is 5.48. The van der Waals surface area contributed by atoms with Gasteiger partial charge in [0.25, 0.3) is 5.91 Å². The lowest BCUT2D eigenvalue weighted by Gasteiger charge is -2.36. The number of rotatable bonds is 4. The first kappa shape index (κ1) is 20.4. The molecule has 1 aliphatic carbocycles. The molecule has 1 saturated carbocycles. The molecule has 4 aliphatic rings. The van der Waals surface area contributed by atoms with Gasteiger partial charge < -0.3 is 14.7 Å². The molecule has 0 bridgehead atoms. The van der Waals surface area contributed by atoms with Gasteiger partial charge in [-0.15, -0.1) is 4.99 Å². The number of fused-ring (bicyclic) bond motifs is 1. The number of hydrogen-bond acceptors (Lipinski definition) is 4. The predicted molar refractivity (Wildman–Crippen MR) is 111 cm³/mol. The maximum absolute atomic E-state index is 13.5. The molecule has 1 aromatic rings. The number of aliphatic hydroxyl groups is 1. The van der Waals surface area contributed by atoms with Gasteiger partial charge in [0.05, 0.1) is 6.42 Å². The van der Waals surface area contributed by atoms with Crippen LogP contribution in [0.25, 0.3) is 0 Å². The summed E-state index contributed by atoms with van der Waals surface area (Å²) in [6, 6.07) is 5.38. The van der Waals surface area contributed by atoms with Gasteiger partial charge in [0.1, 0.15) is 18.0 Å². The van der Waals surface area contributed by atoms with E-state index in [1.807, 2.05) is 12.1 Å². The first-order chi connectivity index (χ1) is 15.0. The lowest BCUT2D eigenvalue weighted by atomic mass is 10.0. The Balaban J connectivity index is 1.28. The van der Waals surface area contributed by atoms with Crippen LogP contribution >= 0.6 is 0 Å². The Bertz CT molecular complexity index is 912. The molecule has 0 radical (unpaired) electrons. The number of benzene rings is 1. The highest BCUT2D eigenvalue weighted by atomic mass is 19.1. The monoisotopic (exact) mass is 430 g/mol. The Labute approximate surface area is 180 Å². The minimum atomic E-state index is -0.677. The topological polar surface area (TPSA) is 84.0 Å². The molecule has 1 saturated heterocycles. The molecule has 3 atom stereocenters. The molecule has 7 nitrogen and oxygen atoms in total. The van der Waals surface area contributed by atoms with Crippen LogP contribution in [0.4, 0.5) is 4.39 Å². The average Bonchev–Trinajstić information content (AvgIpc) is 3.33. The van der Waals surface area contributed by atoms with Crippen LogP contribution in [0.3, 0.4) is 0 Å². The predicted octanol–water partition coefficient (Wildman–Crippen LogP) is 1.10. The fraction of sp³-hybridized carbons (Fsp3) is 0.609. The fourth-order valence-corrected chi connectivity index (χ4v) is 5.48. The Hall–Kier alpha value is -2.48. The first-order valence-corrected chi connectivity index (χ1v) is 11.3. The molecule has 5 rings (SSSR count). The van der Waals surface area contributed by atoms with Gasteiger partial charge >= 0.3 is 11.8 Å². The van der Waals surface area contributed by atoms with Gasteiger partial charge in [0.2, 0.25) is 0 Å². The van der Waals surface area contributed by atoms with E-state index in [1.54, 1.807) is 11.0 Å². The molecule has 1 unspecified atom stereocenters. The number of ether oxygens (including phenoxy) is 1. The maximum Gasteiger partial charge on any atom is 0.388 e. The highest BCUT2D eigenvalue weighted by molar-refractivity contribution is 6.01. The minimum absolute atomic E-state index is 0.0772. The van der Waals surface area contributed by atoms with Crippen molar-refractivity contribution < 1.29 is 28.8 Å². The maximum atomic E-state index is 13.5. The largest absolute Gasteiger partial charge is 0.489 e. The second-order valence-electron chi connectivity index (χ2n) is 9.11. The van der Waals surface area contributed by atoms with Crippen molar-refractivity contribution in [3.63, 3.8) is 0 Å². The molecule has 166 valence electrons. The van der Waals surface area contributed by atoms with Crippen molar-refractivity contribution >= 4 is 17.7 Å². The van der Waals surface area contributed by atoms with Gasteiger partial charge in [-0.05, 0) is 62.3 Å². The summed E-state index contributed by atoms with van der Waals surface area (Å²) in [5, 5.41) is 10.1. The quantitative estimate of drug-likeness (QED) is 0.748. The number of aliphatic hydroxyl groups excluding tert-OH is 1. The van der Waals surface area contributed by atoms with Crippen LogP contribution in [-0.2, 0) is 11.3 Å². The van der Waals surface area contributed by atoms with E-state index >= 15 is 0 Å². The van der Waals surface area contributed by atoms with E-state index < -0.39 is 12.2 Å². The van der Waals surface area contributed by atoms with Crippen LogP contribution in [0.2, 0.25) is 0 Å². The molecule has 3 aliphatic heterocycles. The average molecular weight is 431 g/mol. The zero-order valence-electron chi connectivity index (χ0n) is 17.6. The van der Waals surface area contributed by atoms with Gasteiger partial charge in [-0.3, -0.25) is 9.69 Å². The van der Waals surface area contributed by atoms with Crippen LogP contribution in [0.1, 0.15) is 60.9 Å². The Kier molecular flexibility index (Phi) is 5.42. The van der Waals surface area contributed by atoms with Gasteiger partial charge in [0, 0.05) is 31.2 Å². The van der Waals surface area contributed by atoms with Crippen molar-refractivity contribution in [1.29, 1.82) is 0 Å². The highest BCUT2D eigenvalue weighted by Crippen LogP contribution is 2.33. The lowest BCUT2D eigenvalue weighted by Crippen LogP contribution is -2.82. The summed E-state index contributed by atoms with van der Waals surface area (Å²) in [7, 11) is 0. The third-order valence-electron chi connectivity index (χ3n) is 7.15. The summed E-state index contributed by atoms with van der Waals surface area (Å²) in [6.07, 6.45) is 4.46. The first-order valence-electron chi connectivity index (χ1n) is 11.3. The number of hydrogen-bond donors (Lipinski definition) is 2. The molecule has 0 aromatic heterocycles.